The van der Waals surface area contributed by atoms with Crippen molar-refractivity contribution in [1.82, 2.24) is 5.32 Å². The van der Waals surface area contributed by atoms with Crippen molar-refractivity contribution in [2.45, 2.75) is 26.3 Å². The minimum atomic E-state index is -0.656. The molecular weight excluding hydrogens is 330 g/mol. The van der Waals surface area contributed by atoms with Crippen LogP contribution in [0.25, 0.3) is 11.0 Å². The fraction of sp³-hybridized carbons (Fsp3) is 0.238. The van der Waals surface area contributed by atoms with Crippen LogP contribution in [-0.2, 0) is 16.0 Å². The second kappa shape index (κ2) is 7.87. The average molecular weight is 351 g/mol. The van der Waals surface area contributed by atoms with Gasteiger partial charge in [-0.3, -0.25) is 4.79 Å². The smallest absolute Gasteiger partial charge is 0.374 e. The van der Waals surface area contributed by atoms with Crippen molar-refractivity contribution < 1.29 is 18.7 Å². The molecule has 0 spiro atoms. The zero-order valence-electron chi connectivity index (χ0n) is 14.8. The van der Waals surface area contributed by atoms with Gasteiger partial charge in [0.15, 0.2) is 6.61 Å². The third-order valence-electron chi connectivity index (χ3n) is 4.23. The number of aryl methyl sites for hydroxylation is 1. The summed E-state index contributed by atoms with van der Waals surface area (Å²) in [6.07, 6.45) is 0.971. The number of nitrogens with one attached hydrogen (secondary N) is 1. The summed E-state index contributed by atoms with van der Waals surface area (Å²) in [5, 5.41) is 3.63. The van der Waals surface area contributed by atoms with Gasteiger partial charge in [-0.05, 0) is 36.6 Å². The van der Waals surface area contributed by atoms with Crippen molar-refractivity contribution in [2.24, 2.45) is 0 Å². The summed E-state index contributed by atoms with van der Waals surface area (Å²) in [7, 11) is 0. The van der Waals surface area contributed by atoms with Crippen LogP contribution in [0, 0.1) is 0 Å². The van der Waals surface area contributed by atoms with Gasteiger partial charge in [-0.1, -0.05) is 49.4 Å². The molecule has 5 nitrogen and oxygen atoms in total. The lowest BCUT2D eigenvalue weighted by atomic mass is 10.1. The van der Waals surface area contributed by atoms with Crippen molar-refractivity contribution in [2.75, 3.05) is 6.61 Å². The van der Waals surface area contributed by atoms with E-state index in [-0.39, 0.29) is 24.3 Å². The van der Waals surface area contributed by atoms with E-state index in [1.165, 1.54) is 5.56 Å². The number of carbonyl (C=O) groups is 2. The van der Waals surface area contributed by atoms with Crippen LogP contribution in [-0.4, -0.2) is 18.5 Å². The fourth-order valence-corrected chi connectivity index (χ4v) is 2.69. The van der Waals surface area contributed by atoms with E-state index in [4.69, 9.17) is 9.15 Å². The number of furan rings is 1. The van der Waals surface area contributed by atoms with E-state index in [1.807, 2.05) is 49.4 Å². The molecule has 0 radical (unpaired) electrons. The van der Waals surface area contributed by atoms with E-state index in [2.05, 4.69) is 12.2 Å². The van der Waals surface area contributed by atoms with Crippen LogP contribution < -0.4 is 5.32 Å². The first-order chi connectivity index (χ1) is 12.6. The summed E-state index contributed by atoms with van der Waals surface area (Å²) in [5.41, 5.74) is 2.85. The monoisotopic (exact) mass is 351 g/mol. The summed E-state index contributed by atoms with van der Waals surface area (Å²) < 4.78 is 10.5. The Morgan fingerprint density at radius 2 is 1.85 bits per heavy atom. The summed E-state index contributed by atoms with van der Waals surface area (Å²) in [6.45, 7) is 3.63. The van der Waals surface area contributed by atoms with Crippen molar-refractivity contribution in [3.63, 3.8) is 0 Å². The van der Waals surface area contributed by atoms with E-state index >= 15 is 0 Å². The molecule has 1 amide bonds. The second-order valence-electron chi connectivity index (χ2n) is 6.11. The molecule has 1 atom stereocenters. The van der Waals surface area contributed by atoms with Crippen LogP contribution in [0.1, 0.15) is 41.6 Å². The topological polar surface area (TPSA) is 68.5 Å². The lowest BCUT2D eigenvalue weighted by molar-refractivity contribution is -0.124. The molecule has 0 bridgehead atoms. The van der Waals surface area contributed by atoms with Crippen LogP contribution in [0.15, 0.2) is 59.0 Å². The van der Waals surface area contributed by atoms with E-state index in [0.29, 0.717) is 5.58 Å². The highest BCUT2D eigenvalue weighted by molar-refractivity contribution is 5.93. The standard InChI is InChI=1S/C21H21NO4/c1-3-15-8-10-16(11-9-15)14(2)22-20(23)13-25-21(24)19-12-17-6-4-5-7-18(17)26-19/h4-12,14H,3,13H2,1-2H3,(H,22,23)/t14-/m0/s1. The molecule has 0 saturated heterocycles. The number of benzene rings is 2. The summed E-state index contributed by atoms with van der Waals surface area (Å²) in [5.74, 6) is -0.931. The van der Waals surface area contributed by atoms with Crippen molar-refractivity contribution in [3.8, 4) is 0 Å². The number of esters is 1. The third kappa shape index (κ3) is 4.11. The Hall–Kier alpha value is -3.08. The van der Waals surface area contributed by atoms with Crippen molar-refractivity contribution in [1.29, 1.82) is 0 Å². The van der Waals surface area contributed by atoms with Crippen LogP contribution >= 0.6 is 0 Å². The second-order valence-corrected chi connectivity index (χ2v) is 6.11. The SMILES string of the molecule is CCc1ccc([C@H](C)NC(=O)COC(=O)c2cc3ccccc3o2)cc1. The molecule has 5 heteroatoms. The fourth-order valence-electron chi connectivity index (χ4n) is 2.69. The molecule has 0 aliphatic rings. The molecule has 0 aliphatic heterocycles. The minimum absolute atomic E-state index is 0.0854. The van der Waals surface area contributed by atoms with Gasteiger partial charge in [0.25, 0.3) is 5.91 Å². The maximum Gasteiger partial charge on any atom is 0.374 e. The number of hydrogen-bond acceptors (Lipinski definition) is 4. The molecule has 1 N–H and O–H groups in total. The van der Waals surface area contributed by atoms with Crippen molar-refractivity contribution in [3.05, 3.63) is 71.5 Å². The van der Waals surface area contributed by atoms with Gasteiger partial charge in [0, 0.05) is 5.39 Å². The Morgan fingerprint density at radius 1 is 1.12 bits per heavy atom. The zero-order valence-corrected chi connectivity index (χ0v) is 14.8. The largest absolute Gasteiger partial charge is 0.450 e. The summed E-state index contributed by atoms with van der Waals surface area (Å²) in [4.78, 5) is 24.1. The number of rotatable bonds is 6. The lowest BCUT2D eigenvalue weighted by Crippen LogP contribution is -2.31. The number of hydrogen-bond donors (Lipinski definition) is 1. The Kier molecular flexibility index (Phi) is 5.37. The average Bonchev–Trinajstić information content (AvgIpc) is 3.10. The molecule has 0 fully saturated rings. The molecule has 26 heavy (non-hydrogen) atoms. The van der Waals surface area contributed by atoms with Gasteiger partial charge >= 0.3 is 5.97 Å². The lowest BCUT2D eigenvalue weighted by Gasteiger charge is -2.14. The van der Waals surface area contributed by atoms with Crippen LogP contribution in [0.4, 0.5) is 0 Å². The molecule has 0 saturated carbocycles. The number of fused-ring (bicyclic) bond motifs is 1. The van der Waals surface area contributed by atoms with Gasteiger partial charge in [-0.15, -0.1) is 0 Å². The molecule has 2 aromatic carbocycles. The Morgan fingerprint density at radius 3 is 2.54 bits per heavy atom. The first-order valence-corrected chi connectivity index (χ1v) is 8.60. The molecule has 3 rings (SSSR count). The van der Waals surface area contributed by atoms with Crippen LogP contribution in [0.2, 0.25) is 0 Å². The summed E-state index contributed by atoms with van der Waals surface area (Å²) >= 11 is 0. The predicted molar refractivity (Wildman–Crippen MR) is 98.9 cm³/mol. The quantitative estimate of drug-likeness (QED) is 0.681. The molecule has 0 unspecified atom stereocenters. The minimum Gasteiger partial charge on any atom is -0.450 e. The number of para-hydroxylation sites is 1. The molecular formula is C21H21NO4. The Bertz CT molecular complexity index is 878. The maximum atomic E-state index is 12.0. The summed E-state index contributed by atoms with van der Waals surface area (Å²) in [6, 6.07) is 16.8. The van der Waals surface area contributed by atoms with Gasteiger partial charge in [-0.2, -0.15) is 0 Å². The third-order valence-corrected chi connectivity index (χ3v) is 4.23. The first kappa shape index (κ1) is 17.7. The van der Waals surface area contributed by atoms with Gasteiger partial charge in [0.05, 0.1) is 6.04 Å². The number of carbonyl (C=O) groups excluding carboxylic acids is 2. The first-order valence-electron chi connectivity index (χ1n) is 8.60. The van der Waals surface area contributed by atoms with Gasteiger partial charge in [0.2, 0.25) is 5.76 Å². The van der Waals surface area contributed by atoms with Gasteiger partial charge in [-0.25, -0.2) is 4.79 Å². The Balaban J connectivity index is 1.53. The highest BCUT2D eigenvalue weighted by atomic mass is 16.5. The normalized spacial score (nSPS) is 11.9. The van der Waals surface area contributed by atoms with Crippen LogP contribution in [0.3, 0.4) is 0 Å². The van der Waals surface area contributed by atoms with E-state index in [9.17, 15) is 9.59 Å². The number of amides is 1. The molecule has 1 heterocycles. The van der Waals surface area contributed by atoms with E-state index in [0.717, 1.165) is 17.4 Å². The maximum absolute atomic E-state index is 12.0. The predicted octanol–water partition coefficient (Wildman–Crippen LogP) is 4.03. The van der Waals surface area contributed by atoms with Crippen LogP contribution in [0.5, 0.6) is 0 Å². The molecule has 0 aliphatic carbocycles. The number of ether oxygens (including phenoxy) is 1. The van der Waals surface area contributed by atoms with Gasteiger partial charge < -0.3 is 14.5 Å². The molecule has 1 aromatic heterocycles. The Labute approximate surface area is 152 Å². The zero-order chi connectivity index (χ0) is 18.5. The van der Waals surface area contributed by atoms with E-state index in [1.54, 1.807) is 12.1 Å². The van der Waals surface area contributed by atoms with E-state index < -0.39 is 5.97 Å². The highest BCUT2D eigenvalue weighted by Gasteiger charge is 2.16. The van der Waals surface area contributed by atoms with Crippen molar-refractivity contribution >= 4 is 22.8 Å². The highest BCUT2D eigenvalue weighted by Crippen LogP contribution is 2.19. The van der Waals surface area contributed by atoms with Gasteiger partial charge in [0.1, 0.15) is 5.58 Å². The molecule has 3 aromatic rings. The molecule has 134 valence electrons.